The summed E-state index contributed by atoms with van der Waals surface area (Å²) in [5.74, 6) is 0.235. The van der Waals surface area contributed by atoms with Crippen molar-refractivity contribution >= 4 is 21.9 Å². The Morgan fingerprint density at radius 2 is 1.40 bits per heavy atom. The molecule has 3 aromatic carbocycles. The lowest BCUT2D eigenvalue weighted by Crippen LogP contribution is -2.06. The highest BCUT2D eigenvalue weighted by molar-refractivity contribution is 9.10. The van der Waals surface area contributed by atoms with Crippen LogP contribution < -0.4 is 4.74 Å². The van der Waals surface area contributed by atoms with Crippen molar-refractivity contribution in [2.75, 3.05) is 0 Å². The van der Waals surface area contributed by atoms with E-state index < -0.39 is 0 Å². The second-order valence-corrected chi connectivity index (χ2v) is 6.34. The third-order valence-electron chi connectivity index (χ3n) is 3.62. The number of benzene rings is 3. The molecule has 0 aliphatic heterocycles. The number of carbonyl (C=O) groups is 1. The predicted molar refractivity (Wildman–Crippen MR) is 100 cm³/mol. The van der Waals surface area contributed by atoms with Gasteiger partial charge >= 0.3 is 5.97 Å². The minimum atomic E-state index is -0.374. The van der Waals surface area contributed by atoms with Crippen molar-refractivity contribution in [1.29, 1.82) is 0 Å². The van der Waals surface area contributed by atoms with E-state index in [1.807, 2.05) is 60.7 Å². The van der Waals surface area contributed by atoms with Crippen LogP contribution in [0.25, 0.3) is 0 Å². The monoisotopic (exact) mass is 396 g/mol. The zero-order valence-corrected chi connectivity index (χ0v) is 15.1. The van der Waals surface area contributed by atoms with E-state index in [2.05, 4.69) is 15.9 Å². The van der Waals surface area contributed by atoms with E-state index in [4.69, 9.17) is 9.47 Å². The van der Waals surface area contributed by atoms with Gasteiger partial charge in [0, 0.05) is 0 Å². The summed E-state index contributed by atoms with van der Waals surface area (Å²) in [6, 6.07) is 24.7. The molecule has 4 heteroatoms. The van der Waals surface area contributed by atoms with Gasteiger partial charge in [-0.15, -0.1) is 0 Å². The summed E-state index contributed by atoms with van der Waals surface area (Å²) in [5.41, 5.74) is 2.47. The lowest BCUT2D eigenvalue weighted by molar-refractivity contribution is 0.0472. The summed E-state index contributed by atoms with van der Waals surface area (Å²) in [4.78, 5) is 12.3. The Bertz CT molecular complexity index is 832. The molecule has 0 aliphatic carbocycles. The van der Waals surface area contributed by atoms with E-state index in [0.717, 1.165) is 15.6 Å². The maximum atomic E-state index is 12.3. The Morgan fingerprint density at radius 1 is 0.800 bits per heavy atom. The molecule has 0 saturated carbocycles. The summed E-state index contributed by atoms with van der Waals surface area (Å²) < 4.78 is 12.0. The first-order valence-corrected chi connectivity index (χ1v) is 8.69. The van der Waals surface area contributed by atoms with E-state index in [1.54, 1.807) is 18.2 Å². The Balaban J connectivity index is 1.64. The van der Waals surface area contributed by atoms with Crippen molar-refractivity contribution in [3.63, 3.8) is 0 Å². The third kappa shape index (κ3) is 4.94. The quantitative estimate of drug-likeness (QED) is 0.524. The number of carbonyl (C=O) groups excluding carboxylic acids is 1. The van der Waals surface area contributed by atoms with Gasteiger partial charge in [-0.3, -0.25) is 0 Å². The zero-order chi connectivity index (χ0) is 17.5. The molecule has 0 N–H and O–H groups in total. The van der Waals surface area contributed by atoms with Crippen molar-refractivity contribution in [2.24, 2.45) is 0 Å². The first-order valence-electron chi connectivity index (χ1n) is 7.90. The van der Waals surface area contributed by atoms with Gasteiger partial charge in [0.2, 0.25) is 0 Å². The highest BCUT2D eigenvalue weighted by Crippen LogP contribution is 2.27. The fourth-order valence-electron chi connectivity index (χ4n) is 2.28. The summed E-state index contributed by atoms with van der Waals surface area (Å²) in [5, 5.41) is 0. The molecular formula is C21H17BrO3. The van der Waals surface area contributed by atoms with Crippen molar-refractivity contribution < 1.29 is 14.3 Å². The number of ether oxygens (including phenoxy) is 2. The van der Waals surface area contributed by atoms with Crippen LogP contribution in [-0.2, 0) is 18.0 Å². The first-order chi connectivity index (χ1) is 12.2. The molecule has 0 bridgehead atoms. The zero-order valence-electron chi connectivity index (χ0n) is 13.5. The molecule has 0 heterocycles. The van der Waals surface area contributed by atoms with Gasteiger partial charge in [-0.2, -0.15) is 0 Å². The topological polar surface area (TPSA) is 35.5 Å². The number of halogens is 1. The predicted octanol–water partition coefficient (Wildman–Crippen LogP) is 5.39. The van der Waals surface area contributed by atoms with Crippen LogP contribution in [0.1, 0.15) is 21.5 Å². The van der Waals surface area contributed by atoms with Crippen molar-refractivity contribution in [3.05, 3.63) is 100 Å². The third-order valence-corrected chi connectivity index (χ3v) is 4.27. The molecule has 0 amide bonds. The van der Waals surface area contributed by atoms with Crippen LogP contribution >= 0.6 is 15.9 Å². The highest BCUT2D eigenvalue weighted by Gasteiger charge is 2.11. The SMILES string of the molecule is O=C(OCc1ccccc1)c1ccc(Br)c(OCc2ccccc2)c1. The van der Waals surface area contributed by atoms with E-state index in [1.165, 1.54) is 0 Å². The lowest BCUT2D eigenvalue weighted by atomic mass is 10.2. The standard InChI is InChI=1S/C21H17BrO3/c22-19-12-11-18(21(23)25-15-17-9-5-2-6-10-17)13-20(19)24-14-16-7-3-1-4-8-16/h1-13H,14-15H2. The number of hydrogen-bond donors (Lipinski definition) is 0. The van der Waals surface area contributed by atoms with Crippen LogP contribution in [0.5, 0.6) is 5.75 Å². The molecule has 3 aromatic rings. The Hall–Kier alpha value is -2.59. The summed E-state index contributed by atoms with van der Waals surface area (Å²) >= 11 is 3.45. The molecular weight excluding hydrogens is 380 g/mol. The van der Waals surface area contributed by atoms with Gasteiger partial charge in [0.1, 0.15) is 19.0 Å². The number of rotatable bonds is 6. The average Bonchev–Trinajstić information content (AvgIpc) is 2.67. The maximum absolute atomic E-state index is 12.3. The van der Waals surface area contributed by atoms with Gasteiger partial charge in [0.25, 0.3) is 0 Å². The van der Waals surface area contributed by atoms with Crippen molar-refractivity contribution in [2.45, 2.75) is 13.2 Å². The fraction of sp³-hybridized carbons (Fsp3) is 0.0952. The van der Waals surface area contributed by atoms with Gasteiger partial charge < -0.3 is 9.47 Å². The lowest BCUT2D eigenvalue weighted by Gasteiger charge is -2.10. The van der Waals surface area contributed by atoms with Crippen LogP contribution in [0, 0.1) is 0 Å². The van der Waals surface area contributed by atoms with Gasteiger partial charge in [0.05, 0.1) is 10.0 Å². The summed E-state index contributed by atoms with van der Waals surface area (Å²) in [6.07, 6.45) is 0. The van der Waals surface area contributed by atoms with Gasteiger partial charge in [-0.25, -0.2) is 4.79 Å². The molecule has 126 valence electrons. The van der Waals surface area contributed by atoms with Crippen LogP contribution in [0.4, 0.5) is 0 Å². The maximum Gasteiger partial charge on any atom is 0.338 e. The molecule has 0 aliphatic rings. The molecule has 0 fully saturated rings. The van der Waals surface area contributed by atoms with E-state index in [-0.39, 0.29) is 12.6 Å². The van der Waals surface area contributed by atoms with Crippen LogP contribution in [0.15, 0.2) is 83.3 Å². The van der Waals surface area contributed by atoms with Crippen LogP contribution in [0.2, 0.25) is 0 Å². The first kappa shape index (κ1) is 17.2. The smallest absolute Gasteiger partial charge is 0.338 e. The van der Waals surface area contributed by atoms with Crippen molar-refractivity contribution in [3.8, 4) is 5.75 Å². The summed E-state index contributed by atoms with van der Waals surface area (Å²) in [7, 11) is 0. The largest absolute Gasteiger partial charge is 0.488 e. The molecule has 0 radical (unpaired) electrons. The molecule has 0 atom stereocenters. The van der Waals surface area contributed by atoms with Gasteiger partial charge in [-0.05, 0) is 45.3 Å². The molecule has 0 unspecified atom stereocenters. The van der Waals surface area contributed by atoms with E-state index >= 15 is 0 Å². The van der Waals surface area contributed by atoms with E-state index in [0.29, 0.717) is 17.9 Å². The molecule has 3 rings (SSSR count). The Kier molecular flexibility index (Phi) is 5.86. The Labute approximate surface area is 155 Å². The Morgan fingerprint density at radius 3 is 2.04 bits per heavy atom. The normalized spacial score (nSPS) is 10.3. The van der Waals surface area contributed by atoms with Crippen LogP contribution in [0.3, 0.4) is 0 Å². The molecule has 0 saturated heterocycles. The van der Waals surface area contributed by atoms with Gasteiger partial charge in [0.15, 0.2) is 0 Å². The fourth-order valence-corrected chi connectivity index (χ4v) is 2.64. The average molecular weight is 397 g/mol. The molecule has 25 heavy (non-hydrogen) atoms. The minimum Gasteiger partial charge on any atom is -0.488 e. The molecule has 0 spiro atoms. The number of esters is 1. The highest BCUT2D eigenvalue weighted by atomic mass is 79.9. The van der Waals surface area contributed by atoms with Crippen LogP contribution in [-0.4, -0.2) is 5.97 Å². The van der Waals surface area contributed by atoms with E-state index in [9.17, 15) is 4.79 Å². The summed E-state index contributed by atoms with van der Waals surface area (Å²) in [6.45, 7) is 0.678. The molecule has 0 aromatic heterocycles. The molecule has 3 nitrogen and oxygen atoms in total. The second-order valence-electron chi connectivity index (χ2n) is 5.48. The number of hydrogen-bond acceptors (Lipinski definition) is 3. The van der Waals surface area contributed by atoms with Crippen molar-refractivity contribution in [1.82, 2.24) is 0 Å². The van der Waals surface area contributed by atoms with Gasteiger partial charge in [-0.1, -0.05) is 60.7 Å². The minimum absolute atomic E-state index is 0.246. The second kappa shape index (κ2) is 8.49.